The first kappa shape index (κ1) is 17.0. The molecule has 1 aliphatic carbocycles. The van der Waals surface area contributed by atoms with Crippen molar-refractivity contribution < 1.29 is 14.7 Å². The molecular formula is C21H19N3O3. The normalized spacial score (nSPS) is 13.8. The number of hydrogen-bond donors (Lipinski definition) is 2. The summed E-state index contributed by atoms with van der Waals surface area (Å²) in [5.74, 6) is -1.56. The van der Waals surface area contributed by atoms with Crippen LogP contribution in [0, 0.1) is 0 Å². The number of aromatic nitrogens is 2. The molecule has 27 heavy (non-hydrogen) atoms. The minimum absolute atomic E-state index is 0.313. The zero-order valence-corrected chi connectivity index (χ0v) is 14.6. The van der Waals surface area contributed by atoms with E-state index in [1.165, 1.54) is 0 Å². The lowest BCUT2D eigenvalue weighted by Gasteiger charge is -2.14. The molecule has 1 amide bonds. The van der Waals surface area contributed by atoms with Crippen LogP contribution in [0.25, 0.3) is 5.69 Å². The smallest absolute Gasteiger partial charge is 0.330 e. The summed E-state index contributed by atoms with van der Waals surface area (Å²) in [6.07, 6.45) is 2.58. The Morgan fingerprint density at radius 1 is 1.00 bits per heavy atom. The molecule has 6 nitrogen and oxygen atoms in total. The SMILES string of the molecule is O=C(NC(C(=O)O)c1ccccc1)c1nn(-c2ccccc2)c2c1CCC2. The highest BCUT2D eigenvalue weighted by Gasteiger charge is 2.30. The molecule has 6 heteroatoms. The third-order valence-corrected chi connectivity index (χ3v) is 4.80. The van der Waals surface area contributed by atoms with Crippen molar-refractivity contribution in [1.29, 1.82) is 0 Å². The van der Waals surface area contributed by atoms with E-state index in [-0.39, 0.29) is 0 Å². The predicted octanol–water partition coefficient (Wildman–Crippen LogP) is 2.92. The number of amides is 1. The quantitative estimate of drug-likeness (QED) is 0.732. The van der Waals surface area contributed by atoms with Crippen LogP contribution < -0.4 is 5.32 Å². The highest BCUT2D eigenvalue weighted by atomic mass is 16.4. The van der Waals surface area contributed by atoms with Crippen molar-refractivity contribution in [1.82, 2.24) is 15.1 Å². The Hall–Kier alpha value is -3.41. The van der Waals surface area contributed by atoms with Gasteiger partial charge in [0.15, 0.2) is 11.7 Å². The number of carbonyl (C=O) groups is 2. The fourth-order valence-corrected chi connectivity index (χ4v) is 3.54. The number of fused-ring (bicyclic) bond motifs is 1. The molecule has 3 aromatic rings. The van der Waals surface area contributed by atoms with Crippen molar-refractivity contribution in [3.8, 4) is 5.69 Å². The number of nitrogens with one attached hydrogen (secondary N) is 1. The summed E-state index contributed by atoms with van der Waals surface area (Å²) >= 11 is 0. The fourth-order valence-electron chi connectivity index (χ4n) is 3.54. The lowest BCUT2D eigenvalue weighted by molar-refractivity contribution is -0.139. The summed E-state index contributed by atoms with van der Waals surface area (Å²) in [5, 5.41) is 16.7. The van der Waals surface area contributed by atoms with Gasteiger partial charge in [-0.05, 0) is 37.0 Å². The second-order valence-electron chi connectivity index (χ2n) is 6.53. The van der Waals surface area contributed by atoms with E-state index in [4.69, 9.17) is 0 Å². The molecule has 1 aliphatic rings. The molecule has 1 heterocycles. The summed E-state index contributed by atoms with van der Waals surface area (Å²) in [6.45, 7) is 0. The molecule has 1 aromatic heterocycles. The Bertz CT molecular complexity index is 981. The molecule has 0 radical (unpaired) electrons. The number of carboxylic acids is 1. The molecular weight excluding hydrogens is 342 g/mol. The van der Waals surface area contributed by atoms with Gasteiger partial charge >= 0.3 is 5.97 Å². The van der Waals surface area contributed by atoms with E-state index >= 15 is 0 Å². The highest BCUT2D eigenvalue weighted by Crippen LogP contribution is 2.28. The van der Waals surface area contributed by atoms with Gasteiger partial charge < -0.3 is 10.4 Å². The summed E-state index contributed by atoms with van der Waals surface area (Å²) < 4.78 is 1.80. The first-order valence-corrected chi connectivity index (χ1v) is 8.90. The lowest BCUT2D eigenvalue weighted by atomic mass is 10.1. The Labute approximate surface area is 156 Å². The number of nitrogens with zero attached hydrogens (tertiary/aromatic N) is 2. The molecule has 0 saturated carbocycles. The van der Waals surface area contributed by atoms with Gasteiger partial charge in [-0.15, -0.1) is 0 Å². The molecule has 1 atom stereocenters. The van der Waals surface area contributed by atoms with E-state index in [0.29, 0.717) is 11.3 Å². The number of carboxylic acid groups (broad SMARTS) is 1. The molecule has 4 rings (SSSR count). The van der Waals surface area contributed by atoms with Gasteiger partial charge in [0.1, 0.15) is 0 Å². The average molecular weight is 361 g/mol. The molecule has 0 spiro atoms. The average Bonchev–Trinajstić information content (AvgIpc) is 3.29. The maximum atomic E-state index is 12.9. The van der Waals surface area contributed by atoms with E-state index in [2.05, 4.69) is 10.4 Å². The largest absolute Gasteiger partial charge is 0.479 e. The first-order valence-electron chi connectivity index (χ1n) is 8.90. The Morgan fingerprint density at radius 3 is 2.33 bits per heavy atom. The van der Waals surface area contributed by atoms with Crippen LogP contribution >= 0.6 is 0 Å². The minimum Gasteiger partial charge on any atom is -0.479 e. The van der Waals surface area contributed by atoms with Crippen LogP contribution in [0.2, 0.25) is 0 Å². The maximum absolute atomic E-state index is 12.9. The van der Waals surface area contributed by atoms with Crippen LogP contribution in [0.4, 0.5) is 0 Å². The number of rotatable bonds is 5. The van der Waals surface area contributed by atoms with E-state index < -0.39 is 17.9 Å². The van der Waals surface area contributed by atoms with Crippen molar-refractivity contribution in [2.75, 3.05) is 0 Å². The summed E-state index contributed by atoms with van der Waals surface area (Å²) in [7, 11) is 0. The van der Waals surface area contributed by atoms with Crippen LogP contribution in [0.3, 0.4) is 0 Å². The zero-order valence-electron chi connectivity index (χ0n) is 14.6. The van der Waals surface area contributed by atoms with Crippen molar-refractivity contribution in [3.63, 3.8) is 0 Å². The predicted molar refractivity (Wildman–Crippen MR) is 99.9 cm³/mol. The van der Waals surface area contributed by atoms with Gasteiger partial charge in [-0.3, -0.25) is 4.79 Å². The van der Waals surface area contributed by atoms with Crippen LogP contribution in [-0.4, -0.2) is 26.8 Å². The zero-order chi connectivity index (χ0) is 18.8. The van der Waals surface area contributed by atoms with Crippen molar-refractivity contribution in [3.05, 3.63) is 83.2 Å². The fraction of sp³-hybridized carbons (Fsp3) is 0.190. The Balaban J connectivity index is 1.67. The third-order valence-electron chi connectivity index (χ3n) is 4.80. The number of carbonyl (C=O) groups excluding carboxylic acids is 1. The van der Waals surface area contributed by atoms with Gasteiger partial charge in [-0.25, -0.2) is 9.48 Å². The standard InChI is InChI=1S/C21H19N3O3/c25-20(22-18(21(26)27)14-8-3-1-4-9-14)19-16-12-7-13-17(16)24(23-19)15-10-5-2-6-11-15/h1-6,8-11,18H,7,12-13H2,(H,22,25)(H,26,27). The van der Waals surface area contributed by atoms with E-state index in [1.54, 1.807) is 35.0 Å². The van der Waals surface area contributed by atoms with E-state index in [1.807, 2.05) is 30.3 Å². The van der Waals surface area contributed by atoms with Gasteiger partial charge in [0, 0.05) is 11.3 Å². The van der Waals surface area contributed by atoms with Gasteiger partial charge in [-0.1, -0.05) is 48.5 Å². The summed E-state index contributed by atoms with van der Waals surface area (Å²) in [5.41, 5.74) is 3.67. The molecule has 1 unspecified atom stereocenters. The highest BCUT2D eigenvalue weighted by molar-refractivity contribution is 5.97. The van der Waals surface area contributed by atoms with Crippen LogP contribution in [-0.2, 0) is 17.6 Å². The monoisotopic (exact) mass is 361 g/mol. The topological polar surface area (TPSA) is 84.2 Å². The van der Waals surface area contributed by atoms with E-state index in [9.17, 15) is 14.7 Å². The number of hydrogen-bond acceptors (Lipinski definition) is 3. The number of aliphatic carboxylic acids is 1. The summed E-state index contributed by atoms with van der Waals surface area (Å²) in [6, 6.07) is 17.2. The molecule has 2 aromatic carbocycles. The van der Waals surface area contributed by atoms with Crippen LogP contribution in [0.1, 0.15) is 39.8 Å². The molecule has 0 fully saturated rings. The van der Waals surface area contributed by atoms with Crippen molar-refractivity contribution in [2.45, 2.75) is 25.3 Å². The van der Waals surface area contributed by atoms with Crippen molar-refractivity contribution in [2.24, 2.45) is 0 Å². The van der Waals surface area contributed by atoms with Gasteiger partial charge in [0.25, 0.3) is 5.91 Å². The molecule has 2 N–H and O–H groups in total. The Kier molecular flexibility index (Phi) is 4.46. The molecule has 0 saturated heterocycles. The first-order chi connectivity index (χ1) is 13.1. The second-order valence-corrected chi connectivity index (χ2v) is 6.53. The van der Waals surface area contributed by atoms with Gasteiger partial charge in [0.05, 0.1) is 5.69 Å². The maximum Gasteiger partial charge on any atom is 0.330 e. The minimum atomic E-state index is -1.11. The molecule has 136 valence electrons. The summed E-state index contributed by atoms with van der Waals surface area (Å²) in [4.78, 5) is 24.6. The van der Waals surface area contributed by atoms with Crippen molar-refractivity contribution >= 4 is 11.9 Å². The van der Waals surface area contributed by atoms with E-state index in [0.717, 1.165) is 36.2 Å². The van der Waals surface area contributed by atoms with Gasteiger partial charge in [0.2, 0.25) is 0 Å². The Morgan fingerprint density at radius 2 is 1.67 bits per heavy atom. The number of para-hydroxylation sites is 1. The number of benzene rings is 2. The van der Waals surface area contributed by atoms with Crippen LogP contribution in [0.5, 0.6) is 0 Å². The molecule has 0 aliphatic heterocycles. The van der Waals surface area contributed by atoms with Gasteiger partial charge in [-0.2, -0.15) is 5.10 Å². The molecule has 0 bridgehead atoms. The second kappa shape index (κ2) is 7.07. The lowest BCUT2D eigenvalue weighted by Crippen LogP contribution is -2.34. The van der Waals surface area contributed by atoms with Crippen LogP contribution in [0.15, 0.2) is 60.7 Å². The third kappa shape index (κ3) is 3.21.